The molecule has 0 spiro atoms. The van der Waals surface area contributed by atoms with Crippen molar-refractivity contribution in [2.24, 2.45) is 0 Å². The topological polar surface area (TPSA) is 102 Å². The number of amides is 1. The smallest absolute Gasteiger partial charge is 0.409 e. The number of aromatic nitrogens is 6. The summed E-state index contributed by atoms with van der Waals surface area (Å²) >= 11 is 0. The van der Waals surface area contributed by atoms with Crippen LogP contribution in [0.3, 0.4) is 0 Å². The molecule has 0 unspecified atom stereocenters. The summed E-state index contributed by atoms with van der Waals surface area (Å²) in [5.74, 6) is -1.36. The van der Waals surface area contributed by atoms with Gasteiger partial charge in [-0.1, -0.05) is 6.07 Å². The van der Waals surface area contributed by atoms with E-state index in [1.54, 1.807) is 17.2 Å². The molecule has 1 aliphatic heterocycles. The van der Waals surface area contributed by atoms with Crippen LogP contribution in [0.4, 0.5) is 25.2 Å². The lowest BCUT2D eigenvalue weighted by Gasteiger charge is -2.30. The van der Waals surface area contributed by atoms with Gasteiger partial charge in [0.2, 0.25) is 5.95 Å². The highest BCUT2D eigenvalue weighted by molar-refractivity contribution is 5.67. The zero-order chi connectivity index (χ0) is 22.9. The summed E-state index contributed by atoms with van der Waals surface area (Å²) in [6.45, 7) is 1.16. The summed E-state index contributed by atoms with van der Waals surface area (Å²) in [6.07, 6.45) is 6.13. The van der Waals surface area contributed by atoms with Crippen LogP contribution in [0.15, 0.2) is 42.9 Å². The van der Waals surface area contributed by atoms with Gasteiger partial charge in [-0.25, -0.2) is 18.6 Å². The van der Waals surface area contributed by atoms with Crippen molar-refractivity contribution in [3.8, 4) is 11.4 Å². The average Bonchev–Trinajstić information content (AvgIpc) is 3.48. The van der Waals surface area contributed by atoms with Crippen molar-refractivity contribution in [1.82, 2.24) is 34.3 Å². The van der Waals surface area contributed by atoms with Crippen molar-refractivity contribution >= 4 is 23.4 Å². The first-order valence-corrected chi connectivity index (χ1v) is 10.3. The zero-order valence-electron chi connectivity index (χ0n) is 17.7. The largest absolute Gasteiger partial charge is 0.453 e. The summed E-state index contributed by atoms with van der Waals surface area (Å²) in [6, 6.07) is 5.35. The number of hydrogen-bond donors (Lipinski definition) is 1. The van der Waals surface area contributed by atoms with E-state index < -0.39 is 11.6 Å². The van der Waals surface area contributed by atoms with Gasteiger partial charge in [-0.15, -0.1) is 0 Å². The minimum absolute atomic E-state index is 0.0938. The molecule has 1 amide bonds. The number of halogens is 2. The van der Waals surface area contributed by atoms with Crippen LogP contribution in [0.2, 0.25) is 0 Å². The number of fused-ring (bicyclic) bond motifs is 1. The van der Waals surface area contributed by atoms with Crippen LogP contribution in [-0.4, -0.2) is 60.6 Å². The second-order valence-corrected chi connectivity index (χ2v) is 7.59. The van der Waals surface area contributed by atoms with Crippen molar-refractivity contribution in [1.29, 1.82) is 0 Å². The highest BCUT2D eigenvalue weighted by Gasteiger charge is 2.25. The second-order valence-electron chi connectivity index (χ2n) is 7.59. The fraction of sp³-hybridized carbons (Fsp3) is 0.286. The molecule has 0 atom stereocenters. The minimum Gasteiger partial charge on any atom is -0.453 e. The molecule has 3 aromatic heterocycles. The van der Waals surface area contributed by atoms with E-state index in [1.165, 1.54) is 23.9 Å². The lowest BCUT2D eigenvalue weighted by molar-refractivity contribution is 0.105. The molecule has 1 aliphatic rings. The predicted octanol–water partition coefficient (Wildman–Crippen LogP) is 3.41. The van der Waals surface area contributed by atoms with Gasteiger partial charge in [-0.3, -0.25) is 4.68 Å². The van der Waals surface area contributed by atoms with Crippen molar-refractivity contribution in [2.75, 3.05) is 25.5 Å². The van der Waals surface area contributed by atoms with Crippen molar-refractivity contribution in [2.45, 2.75) is 18.9 Å². The molecule has 0 saturated carbocycles. The van der Waals surface area contributed by atoms with Gasteiger partial charge < -0.3 is 15.0 Å². The molecule has 33 heavy (non-hydrogen) atoms. The molecular formula is C21H20F2N8O2. The molecule has 12 heteroatoms. The van der Waals surface area contributed by atoms with Gasteiger partial charge in [0.05, 0.1) is 36.8 Å². The van der Waals surface area contributed by atoms with Gasteiger partial charge in [0.1, 0.15) is 11.6 Å². The highest BCUT2D eigenvalue weighted by Crippen LogP contribution is 2.27. The first kappa shape index (κ1) is 20.8. The SMILES string of the molecule is COC(=O)N1CCC(n2cc(Nc3nc(-c4c(F)cccc4F)nc4ccnn34)cn2)CC1. The first-order valence-electron chi connectivity index (χ1n) is 10.3. The summed E-state index contributed by atoms with van der Waals surface area (Å²) < 4.78 is 36.7. The fourth-order valence-electron chi connectivity index (χ4n) is 3.90. The van der Waals surface area contributed by atoms with Gasteiger partial charge >= 0.3 is 6.09 Å². The average molecular weight is 454 g/mol. The van der Waals surface area contributed by atoms with Crippen LogP contribution >= 0.6 is 0 Å². The molecule has 0 bridgehead atoms. The Labute approximate surface area is 186 Å². The molecule has 4 heterocycles. The Morgan fingerprint density at radius 2 is 1.88 bits per heavy atom. The number of likely N-dealkylation sites (tertiary alicyclic amines) is 1. The standard InChI is InChI=1S/C21H20F2N8O2/c1-33-21(32)29-9-6-14(7-10-29)30-12-13(11-25-30)26-20-28-19(27-17-5-8-24-31(17)20)18-15(22)3-2-4-16(18)23/h2-5,8,11-12,14H,6-7,9-10H2,1H3,(H,26,27,28). The summed E-state index contributed by atoms with van der Waals surface area (Å²) in [5.41, 5.74) is 0.700. The predicted molar refractivity (Wildman–Crippen MR) is 114 cm³/mol. The third-order valence-electron chi connectivity index (χ3n) is 5.57. The third-order valence-corrected chi connectivity index (χ3v) is 5.57. The lowest BCUT2D eigenvalue weighted by Crippen LogP contribution is -2.39. The number of nitrogens with zero attached hydrogens (tertiary/aromatic N) is 7. The second kappa shape index (κ2) is 8.45. The Kier molecular flexibility index (Phi) is 5.32. The van der Waals surface area contributed by atoms with E-state index in [2.05, 4.69) is 25.5 Å². The van der Waals surface area contributed by atoms with Gasteiger partial charge in [0, 0.05) is 25.4 Å². The maximum absolute atomic E-state index is 14.3. The quantitative estimate of drug-likeness (QED) is 0.504. The maximum Gasteiger partial charge on any atom is 0.409 e. The third kappa shape index (κ3) is 3.95. The molecule has 1 N–H and O–H groups in total. The Hall–Kier alpha value is -4.09. The van der Waals surface area contributed by atoms with E-state index in [0.717, 1.165) is 25.0 Å². The number of methoxy groups -OCH3 is 1. The fourth-order valence-corrected chi connectivity index (χ4v) is 3.90. The number of hydrogen-bond acceptors (Lipinski definition) is 7. The normalized spacial score (nSPS) is 14.6. The summed E-state index contributed by atoms with van der Waals surface area (Å²) in [4.78, 5) is 21.9. The van der Waals surface area contributed by atoms with Crippen LogP contribution in [0, 0.1) is 11.6 Å². The van der Waals surface area contributed by atoms with Gasteiger partial charge in [0.25, 0.3) is 0 Å². The monoisotopic (exact) mass is 454 g/mol. The molecule has 0 radical (unpaired) electrons. The Morgan fingerprint density at radius 3 is 2.61 bits per heavy atom. The molecule has 0 aliphatic carbocycles. The number of anilines is 2. The van der Waals surface area contributed by atoms with E-state index in [9.17, 15) is 13.6 Å². The number of nitrogens with one attached hydrogen (secondary N) is 1. The number of piperidine rings is 1. The van der Waals surface area contributed by atoms with Gasteiger partial charge in [0.15, 0.2) is 11.5 Å². The van der Waals surface area contributed by atoms with E-state index in [1.807, 2.05) is 10.9 Å². The number of ether oxygens (including phenoxy) is 1. The summed E-state index contributed by atoms with van der Waals surface area (Å²) in [5, 5.41) is 11.7. The first-order chi connectivity index (χ1) is 16.0. The molecule has 1 saturated heterocycles. The van der Waals surface area contributed by atoms with Gasteiger partial charge in [-0.2, -0.15) is 19.7 Å². The molecule has 1 aromatic carbocycles. The maximum atomic E-state index is 14.3. The van der Waals surface area contributed by atoms with Crippen molar-refractivity contribution in [3.05, 3.63) is 54.5 Å². The minimum atomic E-state index is -0.754. The number of carbonyl (C=O) groups excluding carboxylic acids is 1. The number of rotatable bonds is 4. The van der Waals surface area contributed by atoms with Crippen LogP contribution in [0.5, 0.6) is 0 Å². The van der Waals surface area contributed by atoms with E-state index >= 15 is 0 Å². The zero-order valence-corrected chi connectivity index (χ0v) is 17.7. The molecule has 4 aromatic rings. The van der Waals surface area contributed by atoms with Crippen LogP contribution in [-0.2, 0) is 4.74 Å². The molecule has 170 valence electrons. The number of benzene rings is 1. The van der Waals surface area contributed by atoms with Crippen molar-refractivity contribution < 1.29 is 18.3 Å². The Balaban J connectivity index is 1.40. The molecular weight excluding hydrogens is 434 g/mol. The number of carbonyl (C=O) groups is 1. The summed E-state index contributed by atoms with van der Waals surface area (Å²) in [7, 11) is 1.37. The van der Waals surface area contributed by atoms with Crippen LogP contribution in [0.1, 0.15) is 18.9 Å². The van der Waals surface area contributed by atoms with E-state index in [4.69, 9.17) is 4.74 Å². The van der Waals surface area contributed by atoms with Crippen LogP contribution < -0.4 is 5.32 Å². The highest BCUT2D eigenvalue weighted by atomic mass is 19.1. The van der Waals surface area contributed by atoms with Crippen molar-refractivity contribution in [3.63, 3.8) is 0 Å². The molecule has 10 nitrogen and oxygen atoms in total. The van der Waals surface area contributed by atoms with Gasteiger partial charge in [-0.05, 0) is 25.0 Å². The molecule has 5 rings (SSSR count). The van der Waals surface area contributed by atoms with E-state index in [-0.39, 0.29) is 29.5 Å². The Morgan fingerprint density at radius 1 is 1.12 bits per heavy atom. The Bertz CT molecular complexity index is 1290. The molecule has 1 fully saturated rings. The van der Waals surface area contributed by atoms with Crippen LogP contribution in [0.25, 0.3) is 17.0 Å². The van der Waals surface area contributed by atoms with E-state index in [0.29, 0.717) is 24.4 Å². The lowest BCUT2D eigenvalue weighted by atomic mass is 10.1.